The molecular weight excluding hydrogens is 781 g/mol. The molecule has 0 radical (unpaired) electrons. The van der Waals surface area contributed by atoms with E-state index >= 15 is 0 Å². The number of nitrogens with zero attached hydrogens (tertiary/aromatic N) is 2. The number of nitrogens with one attached hydrogen (secondary N) is 2. The van der Waals surface area contributed by atoms with Crippen molar-refractivity contribution in [3.63, 3.8) is 0 Å². The zero-order chi connectivity index (χ0) is 42.6. The van der Waals surface area contributed by atoms with Crippen LogP contribution in [0.1, 0.15) is 40.5 Å². The lowest BCUT2D eigenvalue weighted by Gasteiger charge is -2.37. The van der Waals surface area contributed by atoms with E-state index in [1.807, 2.05) is 103 Å². The van der Waals surface area contributed by atoms with Gasteiger partial charge in [-0.3, -0.25) is 9.36 Å². The van der Waals surface area contributed by atoms with Crippen molar-refractivity contribution >= 4 is 23.8 Å². The van der Waals surface area contributed by atoms with Gasteiger partial charge in [0, 0.05) is 6.20 Å². The number of esters is 1. The Kier molecular flexibility index (Phi) is 13.7. The average Bonchev–Trinajstić information content (AvgIpc) is 3.58. The summed E-state index contributed by atoms with van der Waals surface area (Å²) < 4.78 is 24.6. The summed E-state index contributed by atoms with van der Waals surface area (Å²) in [6.07, 6.45) is -5.73. The van der Waals surface area contributed by atoms with Crippen molar-refractivity contribution in [1.29, 1.82) is 0 Å². The lowest BCUT2D eigenvalue weighted by Crippen LogP contribution is -2.44. The van der Waals surface area contributed by atoms with Crippen LogP contribution >= 0.6 is 0 Å². The molecule has 1 unspecified atom stereocenters. The lowest BCUT2D eigenvalue weighted by atomic mass is 9.80. The third-order valence-corrected chi connectivity index (χ3v) is 10.1. The van der Waals surface area contributed by atoms with E-state index in [1.54, 1.807) is 48.5 Å². The molecule has 6 aromatic rings. The van der Waals surface area contributed by atoms with Crippen molar-refractivity contribution in [1.82, 2.24) is 14.9 Å². The second-order valence-corrected chi connectivity index (χ2v) is 14.2. The van der Waals surface area contributed by atoms with E-state index in [2.05, 4.69) is 15.6 Å². The van der Waals surface area contributed by atoms with Crippen molar-refractivity contribution in [2.75, 3.05) is 11.9 Å². The van der Waals surface area contributed by atoms with Gasteiger partial charge in [0.2, 0.25) is 5.91 Å². The van der Waals surface area contributed by atoms with E-state index in [-0.39, 0.29) is 25.6 Å². The zero-order valence-electron chi connectivity index (χ0n) is 32.9. The molecule has 14 heteroatoms. The minimum atomic E-state index is -1.55. The van der Waals surface area contributed by atoms with E-state index in [4.69, 9.17) is 18.9 Å². The summed E-state index contributed by atoms with van der Waals surface area (Å²) in [5.74, 6) is -1.85. The number of aliphatic hydroxyl groups excluding tert-OH is 2. The molecular formula is C47H44N4O10. The Hall–Kier alpha value is -6.97. The summed E-state index contributed by atoms with van der Waals surface area (Å²) in [6.45, 7) is -0.375. The van der Waals surface area contributed by atoms with E-state index in [9.17, 15) is 29.4 Å². The van der Waals surface area contributed by atoms with Crippen LogP contribution in [0.15, 0.2) is 169 Å². The predicted molar refractivity (Wildman–Crippen MR) is 223 cm³/mol. The van der Waals surface area contributed by atoms with E-state index in [0.717, 1.165) is 21.3 Å². The third-order valence-electron chi connectivity index (χ3n) is 10.1. The van der Waals surface area contributed by atoms with E-state index in [0.29, 0.717) is 11.1 Å². The normalized spacial score (nSPS) is 17.8. The number of ether oxygens (including phenoxy) is 4. The summed E-state index contributed by atoms with van der Waals surface area (Å²) in [5.41, 5.74) is 1.83. The SMILES string of the molecule is O=C(C[C@@H](NC(=O)OCc1ccccc1)C(=O)OCc1ccccc1)Nc1ccn([C@@H]2O[C@H](COC(c3ccccc3)(c3ccccc3)c3ccccc3)C(O)[C@H]2O)c(=O)n1. The van der Waals surface area contributed by atoms with Crippen LogP contribution in [0.5, 0.6) is 0 Å². The minimum absolute atomic E-state index is 0.0785. The third kappa shape index (κ3) is 10.3. The number of alkyl carbamates (subject to hydrolysis) is 1. The molecule has 7 rings (SSSR count). The van der Waals surface area contributed by atoms with Crippen molar-refractivity contribution < 1.29 is 43.5 Å². The summed E-state index contributed by atoms with van der Waals surface area (Å²) in [7, 11) is 0. The Morgan fingerprint density at radius 1 is 0.689 bits per heavy atom. The molecule has 0 aliphatic carbocycles. The van der Waals surface area contributed by atoms with Gasteiger partial charge >= 0.3 is 17.8 Å². The van der Waals surface area contributed by atoms with Crippen LogP contribution in [0.2, 0.25) is 0 Å². The number of carbonyl (C=O) groups excluding carboxylic acids is 3. The molecule has 0 saturated carbocycles. The van der Waals surface area contributed by atoms with Crippen LogP contribution in [0.4, 0.5) is 10.6 Å². The fourth-order valence-electron chi connectivity index (χ4n) is 7.06. The maximum Gasteiger partial charge on any atom is 0.408 e. The van der Waals surface area contributed by atoms with Gasteiger partial charge in [-0.1, -0.05) is 152 Å². The minimum Gasteiger partial charge on any atom is -0.459 e. The molecule has 2 amide bonds. The molecule has 312 valence electrons. The Morgan fingerprint density at radius 3 is 1.69 bits per heavy atom. The standard InChI is InChI=1S/C47H44N4O10/c52-40(28-37(44(55)58-29-32-16-6-1-7-17-32)48-46(57)59-30-33-18-8-2-9-19-33)49-39-26-27-51(45(56)50-39)43-42(54)41(53)38(61-43)31-60-47(34-20-10-3-11-21-34,35-22-12-4-13-23-35)36-24-14-5-15-25-36/h1-27,37-38,41-43,53-54H,28-31H2,(H,48,57)(H,49,50,52,56)/t37-,38-,41?,42-,43-/m1/s1. The zero-order valence-corrected chi connectivity index (χ0v) is 32.9. The lowest BCUT2D eigenvalue weighted by molar-refractivity contribution is -0.148. The molecule has 2 heterocycles. The number of hydrogen-bond donors (Lipinski definition) is 4. The molecule has 4 N–H and O–H groups in total. The van der Waals surface area contributed by atoms with Crippen LogP contribution in [0, 0.1) is 0 Å². The number of hydrogen-bond acceptors (Lipinski definition) is 11. The van der Waals surface area contributed by atoms with Gasteiger partial charge in [0.1, 0.15) is 49.0 Å². The molecule has 1 saturated heterocycles. The van der Waals surface area contributed by atoms with Gasteiger partial charge in [0.25, 0.3) is 0 Å². The fourth-order valence-corrected chi connectivity index (χ4v) is 7.06. The van der Waals surface area contributed by atoms with Crippen LogP contribution in [0.3, 0.4) is 0 Å². The first-order valence-corrected chi connectivity index (χ1v) is 19.6. The largest absolute Gasteiger partial charge is 0.459 e. The van der Waals surface area contributed by atoms with Crippen molar-refractivity contribution in [3.05, 3.63) is 202 Å². The van der Waals surface area contributed by atoms with Crippen molar-refractivity contribution in [2.45, 2.75) is 55.8 Å². The number of carbonyl (C=O) groups is 3. The van der Waals surface area contributed by atoms with Crippen molar-refractivity contribution in [3.8, 4) is 0 Å². The number of anilines is 1. The highest BCUT2D eigenvalue weighted by molar-refractivity contribution is 5.94. The van der Waals surface area contributed by atoms with Crippen LogP contribution in [-0.2, 0) is 47.4 Å². The summed E-state index contributed by atoms with van der Waals surface area (Å²) in [4.78, 5) is 56.4. The Labute approximate surface area is 351 Å². The highest BCUT2D eigenvalue weighted by Crippen LogP contribution is 2.41. The van der Waals surface area contributed by atoms with Crippen LogP contribution in [-0.4, -0.2) is 68.7 Å². The predicted octanol–water partition coefficient (Wildman–Crippen LogP) is 5.24. The first kappa shape index (κ1) is 42.2. The Balaban J connectivity index is 1.03. The topological polar surface area (TPSA) is 188 Å². The molecule has 61 heavy (non-hydrogen) atoms. The second kappa shape index (κ2) is 19.9. The number of aromatic nitrogens is 2. The molecule has 1 aliphatic heterocycles. The smallest absolute Gasteiger partial charge is 0.408 e. The number of benzene rings is 5. The first-order valence-electron chi connectivity index (χ1n) is 19.6. The van der Waals surface area contributed by atoms with Crippen LogP contribution in [0.25, 0.3) is 0 Å². The molecule has 1 aromatic heterocycles. The summed E-state index contributed by atoms with van der Waals surface area (Å²) in [5, 5.41) is 27.3. The Bertz CT molecular complexity index is 2330. The highest BCUT2D eigenvalue weighted by atomic mass is 16.6. The number of aliphatic hydroxyl groups is 2. The van der Waals surface area contributed by atoms with E-state index < -0.39 is 66.3 Å². The molecule has 5 aromatic carbocycles. The van der Waals surface area contributed by atoms with Crippen molar-refractivity contribution in [2.24, 2.45) is 0 Å². The van der Waals surface area contributed by atoms with Gasteiger partial charge in [0.05, 0.1) is 13.0 Å². The summed E-state index contributed by atoms with van der Waals surface area (Å²) >= 11 is 0. The van der Waals surface area contributed by atoms with E-state index in [1.165, 1.54) is 12.3 Å². The maximum absolute atomic E-state index is 13.4. The van der Waals surface area contributed by atoms with Gasteiger partial charge < -0.3 is 39.8 Å². The number of amides is 2. The quantitative estimate of drug-likeness (QED) is 0.0739. The molecule has 0 bridgehead atoms. The number of rotatable bonds is 16. The van der Waals surface area contributed by atoms with Crippen LogP contribution < -0.4 is 16.3 Å². The highest BCUT2D eigenvalue weighted by Gasteiger charge is 2.46. The van der Waals surface area contributed by atoms with Gasteiger partial charge in [-0.15, -0.1) is 0 Å². The molecule has 1 aliphatic rings. The average molecular weight is 825 g/mol. The summed E-state index contributed by atoms with van der Waals surface area (Å²) in [6, 6.07) is 46.5. The van der Waals surface area contributed by atoms with Gasteiger partial charge in [-0.2, -0.15) is 4.98 Å². The second-order valence-electron chi connectivity index (χ2n) is 14.2. The van der Waals surface area contributed by atoms with Gasteiger partial charge in [0.15, 0.2) is 6.23 Å². The molecule has 14 nitrogen and oxygen atoms in total. The van der Waals surface area contributed by atoms with Gasteiger partial charge in [-0.05, 0) is 33.9 Å². The maximum atomic E-state index is 13.4. The first-order chi connectivity index (χ1) is 29.7. The fraction of sp³-hybridized carbons (Fsp3) is 0.213. The molecule has 0 spiro atoms. The molecule has 5 atom stereocenters. The van der Waals surface area contributed by atoms with Gasteiger partial charge in [-0.25, -0.2) is 14.4 Å². The molecule has 1 fully saturated rings. The Morgan fingerprint density at radius 2 is 1.18 bits per heavy atom. The monoisotopic (exact) mass is 824 g/mol.